The molecule has 0 spiro atoms. The lowest BCUT2D eigenvalue weighted by atomic mass is 10.00. The summed E-state index contributed by atoms with van der Waals surface area (Å²) in [5, 5.41) is 17.2. The van der Waals surface area contributed by atoms with Crippen molar-refractivity contribution in [1.29, 1.82) is 0 Å². The van der Waals surface area contributed by atoms with E-state index in [1.54, 1.807) is 0 Å². The standard InChI is InChI=1S/C22H44O2.C8H16O2/c1-2-3-4-5-6-7-8-9-10-11-12-13-14-15-16-17-18-19-20-21-22(23)24;1-3-5-6-7(4-2)8(9)10/h2-21H2,1H3,(H,23,24);7H,3-6H2,1-2H3,(H,9,10). The second kappa shape index (κ2) is 30.0. The van der Waals surface area contributed by atoms with Gasteiger partial charge in [0.2, 0.25) is 0 Å². The lowest BCUT2D eigenvalue weighted by Crippen LogP contribution is -2.11. The highest BCUT2D eigenvalue weighted by atomic mass is 16.4. The number of aliphatic carboxylic acids is 2. The van der Waals surface area contributed by atoms with Crippen molar-refractivity contribution in [1.82, 2.24) is 0 Å². The molecular formula is C30H60O4. The minimum atomic E-state index is -0.651. The van der Waals surface area contributed by atoms with Crippen molar-refractivity contribution < 1.29 is 19.8 Å². The molecule has 0 aliphatic carbocycles. The van der Waals surface area contributed by atoms with Crippen LogP contribution in [0.2, 0.25) is 0 Å². The van der Waals surface area contributed by atoms with Crippen LogP contribution >= 0.6 is 0 Å². The third-order valence-electron chi connectivity index (χ3n) is 6.74. The Morgan fingerprint density at radius 1 is 0.500 bits per heavy atom. The Labute approximate surface area is 212 Å². The van der Waals surface area contributed by atoms with Crippen LogP contribution in [0.1, 0.15) is 175 Å². The van der Waals surface area contributed by atoms with Crippen molar-refractivity contribution >= 4 is 11.9 Å². The first-order valence-electron chi connectivity index (χ1n) is 14.9. The topological polar surface area (TPSA) is 74.6 Å². The summed E-state index contributed by atoms with van der Waals surface area (Å²) in [5.41, 5.74) is 0. The first-order valence-corrected chi connectivity index (χ1v) is 14.9. The van der Waals surface area contributed by atoms with E-state index < -0.39 is 11.9 Å². The second-order valence-electron chi connectivity index (χ2n) is 10.1. The van der Waals surface area contributed by atoms with E-state index in [4.69, 9.17) is 10.2 Å². The van der Waals surface area contributed by atoms with Gasteiger partial charge in [0.25, 0.3) is 0 Å². The molecule has 1 atom stereocenters. The van der Waals surface area contributed by atoms with Gasteiger partial charge in [-0.25, -0.2) is 0 Å². The summed E-state index contributed by atoms with van der Waals surface area (Å²) < 4.78 is 0. The third-order valence-corrected chi connectivity index (χ3v) is 6.74. The summed E-state index contributed by atoms with van der Waals surface area (Å²) in [6.07, 6.45) is 29.8. The van der Waals surface area contributed by atoms with E-state index in [9.17, 15) is 9.59 Å². The van der Waals surface area contributed by atoms with E-state index >= 15 is 0 Å². The number of carboxylic acids is 2. The van der Waals surface area contributed by atoms with Crippen LogP contribution in [0.25, 0.3) is 0 Å². The smallest absolute Gasteiger partial charge is 0.306 e. The van der Waals surface area contributed by atoms with E-state index in [-0.39, 0.29) is 5.92 Å². The number of carbonyl (C=O) groups is 2. The van der Waals surface area contributed by atoms with Crippen molar-refractivity contribution in [3.63, 3.8) is 0 Å². The Bertz CT molecular complexity index is 422. The van der Waals surface area contributed by atoms with Gasteiger partial charge in [0.1, 0.15) is 0 Å². The van der Waals surface area contributed by atoms with Crippen LogP contribution in [0.4, 0.5) is 0 Å². The fourth-order valence-corrected chi connectivity index (χ4v) is 4.31. The van der Waals surface area contributed by atoms with Gasteiger partial charge in [-0.05, 0) is 19.3 Å². The van der Waals surface area contributed by atoms with Gasteiger partial charge in [0, 0.05) is 6.42 Å². The minimum Gasteiger partial charge on any atom is -0.481 e. The number of carboxylic acid groups (broad SMARTS) is 2. The summed E-state index contributed by atoms with van der Waals surface area (Å²) >= 11 is 0. The Kier molecular flexibility index (Phi) is 30.9. The lowest BCUT2D eigenvalue weighted by molar-refractivity contribution is -0.142. The molecule has 0 heterocycles. The summed E-state index contributed by atoms with van der Waals surface area (Å²) in [5.74, 6) is -1.40. The predicted molar refractivity (Wildman–Crippen MR) is 147 cm³/mol. The van der Waals surface area contributed by atoms with Gasteiger partial charge < -0.3 is 10.2 Å². The van der Waals surface area contributed by atoms with E-state index in [2.05, 4.69) is 13.8 Å². The number of hydrogen-bond acceptors (Lipinski definition) is 2. The van der Waals surface area contributed by atoms with Crippen molar-refractivity contribution in [2.24, 2.45) is 5.92 Å². The van der Waals surface area contributed by atoms with E-state index in [1.165, 1.54) is 109 Å². The maximum atomic E-state index is 10.4. The van der Waals surface area contributed by atoms with Crippen molar-refractivity contribution in [2.45, 2.75) is 175 Å². The summed E-state index contributed by atoms with van der Waals surface area (Å²) in [6.45, 7) is 6.29. The average molecular weight is 485 g/mol. The van der Waals surface area contributed by atoms with Crippen LogP contribution in [0.5, 0.6) is 0 Å². The minimum absolute atomic E-state index is 0.111. The monoisotopic (exact) mass is 484 g/mol. The van der Waals surface area contributed by atoms with Gasteiger partial charge in [-0.15, -0.1) is 0 Å². The third kappa shape index (κ3) is 30.9. The molecule has 204 valence electrons. The molecule has 1 unspecified atom stereocenters. The van der Waals surface area contributed by atoms with Gasteiger partial charge >= 0.3 is 11.9 Å². The van der Waals surface area contributed by atoms with Crippen LogP contribution in [0, 0.1) is 5.92 Å². The van der Waals surface area contributed by atoms with Crippen LogP contribution in [0.3, 0.4) is 0 Å². The number of hydrogen-bond donors (Lipinski definition) is 2. The van der Waals surface area contributed by atoms with Crippen LogP contribution in [-0.2, 0) is 9.59 Å². The fraction of sp³-hybridized carbons (Fsp3) is 0.933. The second-order valence-corrected chi connectivity index (χ2v) is 10.1. The first kappa shape index (κ1) is 35.1. The highest BCUT2D eigenvalue weighted by Crippen LogP contribution is 2.15. The predicted octanol–water partition coefficient (Wildman–Crippen LogP) is 10.2. The van der Waals surface area contributed by atoms with E-state index in [0.717, 1.165) is 38.5 Å². The highest BCUT2D eigenvalue weighted by molar-refractivity contribution is 5.69. The van der Waals surface area contributed by atoms with Gasteiger partial charge in [0.05, 0.1) is 5.92 Å². The Balaban J connectivity index is 0. The normalized spacial score (nSPS) is 11.6. The molecule has 34 heavy (non-hydrogen) atoms. The molecule has 0 amide bonds. The van der Waals surface area contributed by atoms with E-state index in [0.29, 0.717) is 6.42 Å². The molecule has 0 rings (SSSR count). The molecule has 0 saturated carbocycles. The molecule has 2 N–H and O–H groups in total. The maximum Gasteiger partial charge on any atom is 0.306 e. The highest BCUT2D eigenvalue weighted by Gasteiger charge is 2.12. The van der Waals surface area contributed by atoms with Gasteiger partial charge in [0.15, 0.2) is 0 Å². The Morgan fingerprint density at radius 2 is 0.824 bits per heavy atom. The zero-order valence-corrected chi connectivity index (χ0v) is 23.3. The van der Waals surface area contributed by atoms with Gasteiger partial charge in [-0.3, -0.25) is 9.59 Å². The molecule has 4 heteroatoms. The summed E-state index contributed by atoms with van der Waals surface area (Å²) in [6, 6.07) is 0. The van der Waals surface area contributed by atoms with Crippen LogP contribution in [-0.4, -0.2) is 22.2 Å². The molecule has 0 aliphatic rings. The molecule has 0 aliphatic heterocycles. The first-order chi connectivity index (χ1) is 16.5. The molecule has 0 saturated heterocycles. The zero-order valence-electron chi connectivity index (χ0n) is 23.3. The van der Waals surface area contributed by atoms with Crippen molar-refractivity contribution in [2.75, 3.05) is 0 Å². The van der Waals surface area contributed by atoms with E-state index in [1.807, 2.05) is 6.92 Å². The average Bonchev–Trinajstić information content (AvgIpc) is 2.81. The quantitative estimate of drug-likeness (QED) is 0.126. The Morgan fingerprint density at radius 3 is 1.09 bits per heavy atom. The lowest BCUT2D eigenvalue weighted by Gasteiger charge is -2.06. The molecule has 4 nitrogen and oxygen atoms in total. The summed E-state index contributed by atoms with van der Waals surface area (Å²) in [7, 11) is 0. The SMILES string of the molecule is CCCCC(CC)C(=O)O.CCCCCCCCCCCCCCCCCCCCCC(=O)O. The van der Waals surface area contributed by atoms with Crippen LogP contribution in [0.15, 0.2) is 0 Å². The molecule has 0 fully saturated rings. The molecule has 0 bridgehead atoms. The van der Waals surface area contributed by atoms with Gasteiger partial charge in [-0.2, -0.15) is 0 Å². The zero-order chi connectivity index (χ0) is 25.7. The molecule has 0 aromatic carbocycles. The molecule has 0 radical (unpaired) electrons. The number of unbranched alkanes of at least 4 members (excludes halogenated alkanes) is 19. The molecule has 0 aromatic heterocycles. The van der Waals surface area contributed by atoms with Gasteiger partial charge in [-0.1, -0.05) is 149 Å². The number of rotatable bonds is 25. The molecule has 0 aromatic rings. The van der Waals surface area contributed by atoms with Crippen LogP contribution < -0.4 is 0 Å². The molecular weight excluding hydrogens is 424 g/mol. The Hall–Kier alpha value is -1.06. The summed E-state index contributed by atoms with van der Waals surface area (Å²) in [4.78, 5) is 20.8. The maximum absolute atomic E-state index is 10.4. The van der Waals surface area contributed by atoms with Crippen molar-refractivity contribution in [3.05, 3.63) is 0 Å². The largest absolute Gasteiger partial charge is 0.481 e. The fourth-order valence-electron chi connectivity index (χ4n) is 4.31. The van der Waals surface area contributed by atoms with Crippen molar-refractivity contribution in [3.8, 4) is 0 Å².